The van der Waals surface area contributed by atoms with Gasteiger partial charge in [0.25, 0.3) is 0 Å². The Morgan fingerprint density at radius 1 is 0.870 bits per heavy atom. The van der Waals surface area contributed by atoms with Gasteiger partial charge in [0.05, 0.1) is 0 Å². The Hall–Kier alpha value is 0.0183. The zero-order valence-electron chi connectivity index (χ0n) is 14.3. The van der Waals surface area contributed by atoms with Gasteiger partial charge in [0.15, 0.2) is 0 Å². The average Bonchev–Trinajstić information content (AvgIpc) is 2.50. The number of hydrogen-bond donors (Lipinski definition) is 1. The summed E-state index contributed by atoms with van der Waals surface area (Å²) in [6, 6.07) is 8.46. The largest absolute Gasteiger partial charge is 0.411 e. The van der Waals surface area contributed by atoms with Crippen molar-refractivity contribution in [2.45, 2.75) is 77.6 Å². The van der Waals surface area contributed by atoms with Gasteiger partial charge in [0.2, 0.25) is 0 Å². The summed E-state index contributed by atoms with van der Waals surface area (Å²) in [6.07, 6.45) is 15.1. The molecule has 1 N–H and O–H groups in total. The van der Waals surface area contributed by atoms with Crippen molar-refractivity contribution in [2.24, 2.45) is 0 Å². The summed E-state index contributed by atoms with van der Waals surface area (Å²) in [5, 5.41) is 2.99. The number of benzene rings is 1. The van der Waals surface area contributed by atoms with Crippen molar-refractivity contribution in [1.29, 1.82) is 0 Å². The van der Waals surface area contributed by atoms with E-state index in [1.807, 2.05) is 0 Å². The van der Waals surface area contributed by atoms with Gasteiger partial charge in [-0.05, 0) is 30.5 Å². The molecule has 0 aliphatic heterocycles. The molecule has 0 spiro atoms. The molecule has 0 amide bonds. The SMILES string of the molecule is CCCCCCCCCCCCc1ccc(NC(=S)[S-])cc1.[Mo]. The van der Waals surface area contributed by atoms with E-state index in [0.29, 0.717) is 4.32 Å². The van der Waals surface area contributed by atoms with Gasteiger partial charge in [-0.2, -0.15) is 0 Å². The Morgan fingerprint density at radius 2 is 1.35 bits per heavy atom. The Morgan fingerprint density at radius 3 is 1.83 bits per heavy atom. The third-order valence-corrected chi connectivity index (χ3v) is 4.22. The Bertz CT molecular complexity index is 406. The minimum atomic E-state index is 0. The van der Waals surface area contributed by atoms with Crippen LogP contribution in [0.2, 0.25) is 0 Å². The maximum absolute atomic E-state index is 4.86. The first-order valence-corrected chi connectivity index (χ1v) is 9.61. The first kappa shape index (κ1) is 23.0. The molecule has 0 aliphatic rings. The van der Waals surface area contributed by atoms with E-state index in [1.54, 1.807) is 0 Å². The summed E-state index contributed by atoms with van der Waals surface area (Å²) in [7, 11) is 0. The maximum atomic E-state index is 4.86. The first-order valence-electron chi connectivity index (χ1n) is 8.79. The fourth-order valence-corrected chi connectivity index (χ4v) is 2.92. The first-order chi connectivity index (χ1) is 10.7. The molecule has 1 nitrogen and oxygen atoms in total. The molecule has 4 heteroatoms. The van der Waals surface area contributed by atoms with Crippen LogP contribution in [0.15, 0.2) is 24.3 Å². The third kappa shape index (κ3) is 13.0. The fourth-order valence-electron chi connectivity index (χ4n) is 2.69. The molecule has 0 aromatic heterocycles. The van der Waals surface area contributed by atoms with Crippen LogP contribution in [0.4, 0.5) is 5.69 Å². The summed E-state index contributed by atoms with van der Waals surface area (Å²) >= 11 is 9.73. The summed E-state index contributed by atoms with van der Waals surface area (Å²) < 4.78 is 0.405. The zero-order chi connectivity index (χ0) is 16.0. The van der Waals surface area contributed by atoms with Crippen molar-refractivity contribution in [3.8, 4) is 0 Å². The van der Waals surface area contributed by atoms with Crippen LogP contribution in [-0.4, -0.2) is 4.32 Å². The van der Waals surface area contributed by atoms with Crippen molar-refractivity contribution in [1.82, 2.24) is 0 Å². The van der Waals surface area contributed by atoms with Crippen LogP contribution in [0.3, 0.4) is 0 Å². The molecule has 0 heterocycles. The van der Waals surface area contributed by atoms with Crippen LogP contribution in [0.5, 0.6) is 0 Å². The number of unbranched alkanes of at least 4 members (excludes halogenated alkanes) is 9. The molecule has 1 aromatic carbocycles. The van der Waals surface area contributed by atoms with Crippen molar-refractivity contribution < 1.29 is 21.1 Å². The maximum Gasteiger partial charge on any atom is 0.0371 e. The number of thiocarbonyl (C=S) groups is 1. The van der Waals surface area contributed by atoms with Crippen LogP contribution in [0.1, 0.15) is 76.7 Å². The minimum absolute atomic E-state index is 0. The quantitative estimate of drug-likeness (QED) is 0.178. The van der Waals surface area contributed by atoms with Gasteiger partial charge in [0, 0.05) is 26.8 Å². The predicted octanol–water partition coefficient (Wildman–Crippen LogP) is 6.39. The molecule has 23 heavy (non-hydrogen) atoms. The van der Waals surface area contributed by atoms with Crippen LogP contribution >= 0.6 is 12.2 Å². The van der Waals surface area contributed by atoms with E-state index in [2.05, 4.69) is 36.5 Å². The number of hydrogen-bond acceptors (Lipinski definition) is 2. The van der Waals surface area contributed by atoms with E-state index < -0.39 is 0 Å². The van der Waals surface area contributed by atoms with E-state index in [-0.39, 0.29) is 21.1 Å². The number of aryl methyl sites for hydroxylation is 1. The standard InChI is InChI=1S/C19H31NS2.Mo/c1-2-3-4-5-6-7-8-9-10-11-12-17-13-15-18(16-14-17)20-19(21)22;/h13-16H,2-12H2,1H3,(H2,20,21,22);/p-1. The second-order valence-electron chi connectivity index (χ2n) is 6.04. The van der Waals surface area contributed by atoms with E-state index in [9.17, 15) is 0 Å². The van der Waals surface area contributed by atoms with Gasteiger partial charge in [-0.1, -0.05) is 81.2 Å². The Balaban J connectivity index is 0.00000484. The van der Waals surface area contributed by atoms with Gasteiger partial charge in [-0.15, -0.1) is 0 Å². The van der Waals surface area contributed by atoms with Crippen LogP contribution in [0.25, 0.3) is 0 Å². The molecule has 130 valence electrons. The van der Waals surface area contributed by atoms with E-state index in [4.69, 9.17) is 24.8 Å². The third-order valence-electron chi connectivity index (χ3n) is 4.02. The minimum Gasteiger partial charge on any atom is -0.411 e. The predicted molar refractivity (Wildman–Crippen MR) is 106 cm³/mol. The molecule has 0 bridgehead atoms. The van der Waals surface area contributed by atoms with Crippen LogP contribution < -0.4 is 5.32 Å². The Labute approximate surface area is 168 Å². The molecule has 1 rings (SSSR count). The topological polar surface area (TPSA) is 12.0 Å². The van der Waals surface area contributed by atoms with Crippen LogP contribution in [0, 0.1) is 0 Å². The van der Waals surface area contributed by atoms with Crippen molar-refractivity contribution in [3.05, 3.63) is 29.8 Å². The summed E-state index contributed by atoms with van der Waals surface area (Å²) in [6.45, 7) is 2.28. The second kappa shape index (κ2) is 15.5. The van der Waals surface area contributed by atoms with Gasteiger partial charge in [-0.3, -0.25) is 0 Å². The molecule has 0 fully saturated rings. The molecular formula is C19H30MoNS2-. The molecule has 0 saturated carbocycles. The van der Waals surface area contributed by atoms with Gasteiger partial charge in [0.1, 0.15) is 0 Å². The van der Waals surface area contributed by atoms with Gasteiger partial charge < -0.3 is 30.2 Å². The van der Waals surface area contributed by atoms with Crippen molar-refractivity contribution >= 4 is 34.9 Å². The van der Waals surface area contributed by atoms with E-state index in [1.165, 1.54) is 76.2 Å². The molecule has 0 atom stereocenters. The van der Waals surface area contributed by atoms with E-state index >= 15 is 0 Å². The molecule has 0 unspecified atom stereocenters. The monoisotopic (exact) mass is 434 g/mol. The summed E-state index contributed by atoms with van der Waals surface area (Å²) in [5.74, 6) is 0. The zero-order valence-corrected chi connectivity index (χ0v) is 18.0. The smallest absolute Gasteiger partial charge is 0.0371 e. The molecular weight excluding hydrogens is 402 g/mol. The average molecular weight is 433 g/mol. The Kier molecular flexibility index (Phi) is 15.6. The normalized spacial score (nSPS) is 10.1. The molecule has 0 saturated heterocycles. The molecule has 1 aromatic rings. The van der Waals surface area contributed by atoms with E-state index in [0.717, 1.165) is 5.69 Å². The van der Waals surface area contributed by atoms with Crippen molar-refractivity contribution in [3.63, 3.8) is 0 Å². The molecule has 0 aliphatic carbocycles. The molecule has 0 radical (unpaired) electrons. The summed E-state index contributed by atoms with van der Waals surface area (Å²) in [4.78, 5) is 0. The second-order valence-corrected chi connectivity index (χ2v) is 7.12. The van der Waals surface area contributed by atoms with Crippen LogP contribution in [-0.2, 0) is 40.1 Å². The number of rotatable bonds is 12. The van der Waals surface area contributed by atoms with Gasteiger partial charge >= 0.3 is 0 Å². The number of anilines is 1. The van der Waals surface area contributed by atoms with Crippen molar-refractivity contribution in [2.75, 3.05) is 5.32 Å². The fraction of sp³-hybridized carbons (Fsp3) is 0.632. The summed E-state index contributed by atoms with van der Waals surface area (Å²) in [5.41, 5.74) is 2.40. The number of nitrogens with one attached hydrogen (secondary N) is 1. The van der Waals surface area contributed by atoms with Gasteiger partial charge in [-0.25, -0.2) is 0 Å².